The van der Waals surface area contributed by atoms with Gasteiger partial charge in [-0.2, -0.15) is 0 Å². The molecule has 1 saturated carbocycles. The van der Waals surface area contributed by atoms with Crippen LogP contribution in [0.5, 0.6) is 0 Å². The lowest BCUT2D eigenvalue weighted by Gasteiger charge is -2.21. The minimum atomic E-state index is 0.796. The van der Waals surface area contributed by atoms with E-state index in [-0.39, 0.29) is 0 Å². The highest BCUT2D eigenvalue weighted by atomic mass is 14.9. The van der Waals surface area contributed by atoms with Gasteiger partial charge in [-0.3, -0.25) is 0 Å². The molecule has 0 heterocycles. The molecule has 80 valence electrons. The molecule has 2 aliphatic carbocycles. The lowest BCUT2D eigenvalue weighted by atomic mass is 9.93. The number of nitrogens with one attached hydrogen (secondary N) is 1. The molecule has 1 unspecified atom stereocenters. The molecule has 0 aliphatic heterocycles. The topological polar surface area (TPSA) is 12.0 Å². The molecule has 0 saturated heterocycles. The summed E-state index contributed by atoms with van der Waals surface area (Å²) in [4.78, 5) is 0. The van der Waals surface area contributed by atoms with E-state index in [9.17, 15) is 0 Å². The number of hydrogen-bond acceptors (Lipinski definition) is 1. The minimum absolute atomic E-state index is 0.796. The van der Waals surface area contributed by atoms with Crippen LogP contribution in [0.25, 0.3) is 0 Å². The Labute approximate surface area is 88.0 Å². The van der Waals surface area contributed by atoms with Crippen LogP contribution >= 0.6 is 0 Å². The number of rotatable bonds is 5. The highest BCUT2D eigenvalue weighted by Crippen LogP contribution is 2.36. The number of hydrogen-bond donors (Lipinski definition) is 1. The third-order valence-electron chi connectivity index (χ3n) is 3.52. The Morgan fingerprint density at radius 2 is 2.29 bits per heavy atom. The predicted octanol–water partition coefficient (Wildman–Crippen LogP) is 3.27. The summed E-state index contributed by atoms with van der Waals surface area (Å²) in [7, 11) is 0. The highest BCUT2D eigenvalue weighted by molar-refractivity contribution is 5.08. The second-order valence-electron chi connectivity index (χ2n) is 4.81. The van der Waals surface area contributed by atoms with Gasteiger partial charge in [0.2, 0.25) is 0 Å². The van der Waals surface area contributed by atoms with Crippen molar-refractivity contribution in [1.29, 1.82) is 0 Å². The van der Waals surface area contributed by atoms with Crippen molar-refractivity contribution in [3.05, 3.63) is 11.6 Å². The maximum absolute atomic E-state index is 3.65. The quantitative estimate of drug-likeness (QED) is 0.661. The minimum Gasteiger partial charge on any atom is -0.314 e. The van der Waals surface area contributed by atoms with E-state index in [1.54, 1.807) is 5.57 Å². The van der Waals surface area contributed by atoms with E-state index in [2.05, 4.69) is 18.3 Å². The van der Waals surface area contributed by atoms with Gasteiger partial charge < -0.3 is 5.32 Å². The van der Waals surface area contributed by atoms with Crippen molar-refractivity contribution in [3.63, 3.8) is 0 Å². The van der Waals surface area contributed by atoms with Crippen LogP contribution in [0.4, 0.5) is 0 Å². The molecular weight excluding hydrogens is 170 g/mol. The van der Waals surface area contributed by atoms with E-state index in [0.717, 1.165) is 18.5 Å². The zero-order chi connectivity index (χ0) is 9.80. The molecule has 1 heteroatoms. The van der Waals surface area contributed by atoms with Crippen LogP contribution in [0.15, 0.2) is 11.6 Å². The first-order valence-electron chi connectivity index (χ1n) is 6.31. The van der Waals surface area contributed by atoms with Crippen molar-refractivity contribution in [2.24, 2.45) is 5.92 Å². The second kappa shape index (κ2) is 4.97. The zero-order valence-corrected chi connectivity index (χ0v) is 9.39. The van der Waals surface area contributed by atoms with Crippen molar-refractivity contribution in [1.82, 2.24) is 5.32 Å². The average Bonchev–Trinajstić information content (AvgIpc) is 3.02. The highest BCUT2D eigenvalue weighted by Gasteiger charge is 2.30. The van der Waals surface area contributed by atoms with E-state index in [0.29, 0.717) is 0 Å². The zero-order valence-electron chi connectivity index (χ0n) is 9.39. The van der Waals surface area contributed by atoms with Crippen molar-refractivity contribution >= 4 is 0 Å². The predicted molar refractivity (Wildman–Crippen MR) is 61.4 cm³/mol. The van der Waals surface area contributed by atoms with Crippen LogP contribution in [-0.4, -0.2) is 12.6 Å². The molecule has 1 fully saturated rings. The summed E-state index contributed by atoms with van der Waals surface area (Å²) in [5.74, 6) is 0.998. The molecule has 0 aromatic heterocycles. The van der Waals surface area contributed by atoms with Gasteiger partial charge in [-0.05, 0) is 57.4 Å². The Morgan fingerprint density at radius 3 is 2.86 bits per heavy atom. The molecule has 0 aromatic carbocycles. The Bertz CT molecular complexity index is 203. The molecule has 2 aliphatic rings. The Morgan fingerprint density at radius 1 is 1.43 bits per heavy atom. The van der Waals surface area contributed by atoms with Crippen LogP contribution in [0.2, 0.25) is 0 Å². The van der Waals surface area contributed by atoms with Crippen LogP contribution in [0, 0.1) is 5.92 Å². The van der Waals surface area contributed by atoms with Gasteiger partial charge in [0.05, 0.1) is 0 Å². The van der Waals surface area contributed by atoms with Crippen LogP contribution in [0.1, 0.15) is 51.9 Å². The van der Waals surface area contributed by atoms with Crippen LogP contribution in [0.3, 0.4) is 0 Å². The molecule has 0 radical (unpaired) electrons. The molecule has 0 aromatic rings. The van der Waals surface area contributed by atoms with Gasteiger partial charge in [-0.1, -0.05) is 18.6 Å². The smallest absolute Gasteiger partial charge is 0.0132 e. The fourth-order valence-electron chi connectivity index (χ4n) is 2.54. The van der Waals surface area contributed by atoms with E-state index in [4.69, 9.17) is 0 Å². The first-order chi connectivity index (χ1) is 6.90. The van der Waals surface area contributed by atoms with E-state index in [1.165, 1.54) is 44.9 Å². The van der Waals surface area contributed by atoms with Gasteiger partial charge in [-0.15, -0.1) is 0 Å². The molecule has 1 N–H and O–H groups in total. The van der Waals surface area contributed by atoms with Gasteiger partial charge in [0.25, 0.3) is 0 Å². The second-order valence-corrected chi connectivity index (χ2v) is 4.81. The van der Waals surface area contributed by atoms with Crippen molar-refractivity contribution in [2.75, 3.05) is 6.54 Å². The van der Waals surface area contributed by atoms with Gasteiger partial charge in [0.15, 0.2) is 0 Å². The van der Waals surface area contributed by atoms with Gasteiger partial charge in [0, 0.05) is 6.04 Å². The normalized spacial score (nSPS) is 24.5. The van der Waals surface area contributed by atoms with Crippen LogP contribution < -0.4 is 5.32 Å². The van der Waals surface area contributed by atoms with E-state index in [1.807, 2.05) is 0 Å². The first kappa shape index (κ1) is 10.2. The Balaban J connectivity index is 1.82. The molecule has 2 rings (SSSR count). The summed E-state index contributed by atoms with van der Waals surface area (Å²) < 4.78 is 0. The molecule has 0 bridgehead atoms. The maximum atomic E-state index is 3.65. The summed E-state index contributed by atoms with van der Waals surface area (Å²) in [5.41, 5.74) is 1.73. The van der Waals surface area contributed by atoms with Gasteiger partial charge in [0.1, 0.15) is 0 Å². The SMILES string of the molecule is CCNC(CC1=CCCCC1)C1CC1. The van der Waals surface area contributed by atoms with Crippen molar-refractivity contribution in [3.8, 4) is 0 Å². The fraction of sp³-hybridized carbons (Fsp3) is 0.846. The third kappa shape index (κ3) is 2.84. The summed E-state index contributed by atoms with van der Waals surface area (Å²) in [6.45, 7) is 3.36. The summed E-state index contributed by atoms with van der Waals surface area (Å²) in [6.07, 6.45) is 12.3. The number of allylic oxidation sites excluding steroid dienone is 1. The van der Waals surface area contributed by atoms with E-state index >= 15 is 0 Å². The lowest BCUT2D eigenvalue weighted by molar-refractivity contribution is 0.460. The van der Waals surface area contributed by atoms with E-state index < -0.39 is 0 Å². The summed E-state index contributed by atoms with van der Waals surface area (Å²) in [5, 5.41) is 3.65. The lowest BCUT2D eigenvalue weighted by Crippen LogP contribution is -2.31. The standard InChI is InChI=1S/C13H23N/c1-2-14-13(12-8-9-12)10-11-6-4-3-5-7-11/h6,12-14H,2-5,7-10H2,1H3. The molecule has 1 nitrogen and oxygen atoms in total. The Kier molecular flexibility index (Phi) is 3.63. The summed E-state index contributed by atoms with van der Waals surface area (Å²) in [6, 6.07) is 0.796. The Hall–Kier alpha value is -0.300. The average molecular weight is 193 g/mol. The van der Waals surface area contributed by atoms with Crippen molar-refractivity contribution in [2.45, 2.75) is 57.9 Å². The molecule has 0 amide bonds. The third-order valence-corrected chi connectivity index (χ3v) is 3.52. The summed E-state index contributed by atoms with van der Waals surface area (Å²) >= 11 is 0. The largest absolute Gasteiger partial charge is 0.314 e. The first-order valence-corrected chi connectivity index (χ1v) is 6.31. The van der Waals surface area contributed by atoms with Crippen molar-refractivity contribution < 1.29 is 0 Å². The maximum Gasteiger partial charge on any atom is 0.0132 e. The molecule has 1 atom stereocenters. The van der Waals surface area contributed by atoms with Gasteiger partial charge >= 0.3 is 0 Å². The molecular formula is C13H23N. The molecule has 0 spiro atoms. The van der Waals surface area contributed by atoms with Gasteiger partial charge in [-0.25, -0.2) is 0 Å². The fourth-order valence-corrected chi connectivity index (χ4v) is 2.54. The van der Waals surface area contributed by atoms with Crippen LogP contribution in [-0.2, 0) is 0 Å². The monoisotopic (exact) mass is 193 g/mol. The molecule has 14 heavy (non-hydrogen) atoms.